The largest absolute Gasteiger partial charge is 0.454 e. The molecule has 22 heavy (non-hydrogen) atoms. The second-order valence-electron chi connectivity index (χ2n) is 4.59. The summed E-state index contributed by atoms with van der Waals surface area (Å²) in [6.07, 6.45) is 0. The van der Waals surface area contributed by atoms with E-state index in [-0.39, 0.29) is 17.0 Å². The molecule has 2 aromatic rings. The molecular formula is C16H13NO5. The van der Waals surface area contributed by atoms with Crippen LogP contribution in [0.1, 0.15) is 26.3 Å². The van der Waals surface area contributed by atoms with E-state index in [1.54, 1.807) is 30.3 Å². The normalized spacial score (nSPS) is 10.0. The van der Waals surface area contributed by atoms with E-state index in [1.165, 1.54) is 25.1 Å². The zero-order valence-electron chi connectivity index (χ0n) is 11.8. The summed E-state index contributed by atoms with van der Waals surface area (Å²) in [5.41, 5.74) is 0.299. The van der Waals surface area contributed by atoms with E-state index in [2.05, 4.69) is 0 Å². The first-order valence-corrected chi connectivity index (χ1v) is 6.50. The van der Waals surface area contributed by atoms with Crippen LogP contribution in [-0.4, -0.2) is 23.3 Å². The molecule has 0 radical (unpaired) electrons. The summed E-state index contributed by atoms with van der Waals surface area (Å²) in [7, 11) is 0. The first-order chi connectivity index (χ1) is 10.5. The number of aryl methyl sites for hydroxylation is 1. The number of nitrogens with zero attached hydrogens (tertiary/aromatic N) is 1. The van der Waals surface area contributed by atoms with Crippen LogP contribution in [0.4, 0.5) is 5.69 Å². The van der Waals surface area contributed by atoms with Crippen LogP contribution in [0, 0.1) is 17.0 Å². The van der Waals surface area contributed by atoms with Crippen molar-refractivity contribution in [2.75, 3.05) is 6.61 Å². The zero-order valence-corrected chi connectivity index (χ0v) is 11.8. The smallest absolute Gasteiger partial charge is 0.345 e. The Bertz CT molecular complexity index is 725. The molecule has 0 saturated heterocycles. The van der Waals surface area contributed by atoms with Gasteiger partial charge < -0.3 is 4.74 Å². The Balaban J connectivity index is 2.12. The maximum absolute atomic E-state index is 12.0. The van der Waals surface area contributed by atoms with Crippen molar-refractivity contribution in [3.05, 3.63) is 75.3 Å². The average molecular weight is 299 g/mol. The zero-order chi connectivity index (χ0) is 16.1. The van der Waals surface area contributed by atoms with E-state index < -0.39 is 17.5 Å². The van der Waals surface area contributed by atoms with Crippen molar-refractivity contribution in [1.82, 2.24) is 0 Å². The average Bonchev–Trinajstić information content (AvgIpc) is 2.52. The van der Waals surface area contributed by atoms with Crippen molar-refractivity contribution in [3.63, 3.8) is 0 Å². The fourth-order valence-corrected chi connectivity index (χ4v) is 1.98. The lowest BCUT2D eigenvalue weighted by molar-refractivity contribution is -0.385. The van der Waals surface area contributed by atoms with E-state index in [4.69, 9.17) is 4.74 Å². The molecular weight excluding hydrogens is 286 g/mol. The van der Waals surface area contributed by atoms with Gasteiger partial charge in [-0.05, 0) is 13.0 Å². The molecule has 6 heteroatoms. The minimum atomic E-state index is -0.889. The van der Waals surface area contributed by atoms with Crippen LogP contribution >= 0.6 is 0 Å². The highest BCUT2D eigenvalue weighted by Gasteiger charge is 2.24. The quantitative estimate of drug-likeness (QED) is 0.366. The lowest BCUT2D eigenvalue weighted by atomic mass is 10.1. The molecule has 0 atom stereocenters. The molecule has 0 heterocycles. The molecule has 0 aliphatic carbocycles. The van der Waals surface area contributed by atoms with Gasteiger partial charge in [-0.2, -0.15) is 0 Å². The summed E-state index contributed by atoms with van der Waals surface area (Å²) >= 11 is 0. The second-order valence-corrected chi connectivity index (χ2v) is 4.59. The molecule has 0 aliphatic heterocycles. The molecule has 6 nitrogen and oxygen atoms in total. The van der Waals surface area contributed by atoms with Gasteiger partial charge in [0.2, 0.25) is 0 Å². The van der Waals surface area contributed by atoms with Crippen molar-refractivity contribution in [3.8, 4) is 0 Å². The Hall–Kier alpha value is -3.02. The van der Waals surface area contributed by atoms with Crippen LogP contribution in [0.5, 0.6) is 0 Å². The van der Waals surface area contributed by atoms with Gasteiger partial charge in [-0.25, -0.2) is 4.79 Å². The summed E-state index contributed by atoms with van der Waals surface area (Å²) < 4.78 is 4.90. The van der Waals surface area contributed by atoms with E-state index in [1.807, 2.05) is 0 Å². The summed E-state index contributed by atoms with van der Waals surface area (Å²) in [4.78, 5) is 34.2. The number of hydrogen-bond acceptors (Lipinski definition) is 5. The van der Waals surface area contributed by atoms with E-state index >= 15 is 0 Å². The van der Waals surface area contributed by atoms with Gasteiger partial charge in [-0.3, -0.25) is 14.9 Å². The molecule has 2 rings (SSSR count). The van der Waals surface area contributed by atoms with Gasteiger partial charge in [-0.1, -0.05) is 42.5 Å². The van der Waals surface area contributed by atoms with Crippen LogP contribution in [0.25, 0.3) is 0 Å². The third-order valence-electron chi connectivity index (χ3n) is 3.07. The van der Waals surface area contributed by atoms with Crippen molar-refractivity contribution in [1.29, 1.82) is 0 Å². The van der Waals surface area contributed by atoms with Crippen LogP contribution in [0.2, 0.25) is 0 Å². The standard InChI is InChI=1S/C16H13NO5/c1-11-6-5-9-13(15(11)17(20)21)16(19)22-10-14(18)12-7-3-2-4-8-12/h2-9H,10H2,1H3. The number of ketones is 1. The molecule has 0 fully saturated rings. The number of para-hydroxylation sites is 1. The topological polar surface area (TPSA) is 86.5 Å². The lowest BCUT2D eigenvalue weighted by Gasteiger charge is -2.06. The Labute approximate surface area is 126 Å². The summed E-state index contributed by atoms with van der Waals surface area (Å²) in [6, 6.07) is 12.7. The van der Waals surface area contributed by atoms with E-state index in [0.29, 0.717) is 11.1 Å². The first-order valence-electron chi connectivity index (χ1n) is 6.50. The van der Waals surface area contributed by atoms with Gasteiger partial charge in [0.05, 0.1) is 4.92 Å². The summed E-state index contributed by atoms with van der Waals surface area (Å²) in [5.74, 6) is -1.26. The van der Waals surface area contributed by atoms with Crippen LogP contribution < -0.4 is 0 Å². The number of nitro groups is 1. The van der Waals surface area contributed by atoms with Gasteiger partial charge >= 0.3 is 5.97 Å². The fraction of sp³-hybridized carbons (Fsp3) is 0.125. The van der Waals surface area contributed by atoms with Crippen LogP contribution in [0.15, 0.2) is 48.5 Å². The highest BCUT2D eigenvalue weighted by atomic mass is 16.6. The predicted octanol–water partition coefficient (Wildman–Crippen LogP) is 2.94. The number of rotatable bonds is 5. The fourth-order valence-electron chi connectivity index (χ4n) is 1.98. The minimum Gasteiger partial charge on any atom is -0.454 e. The molecule has 0 N–H and O–H groups in total. The number of carbonyl (C=O) groups excluding carboxylic acids is 2. The van der Waals surface area contributed by atoms with Gasteiger partial charge in [-0.15, -0.1) is 0 Å². The molecule has 0 bridgehead atoms. The highest BCUT2D eigenvalue weighted by Crippen LogP contribution is 2.23. The van der Waals surface area contributed by atoms with Crippen molar-refractivity contribution in [2.45, 2.75) is 6.92 Å². The molecule has 0 unspecified atom stereocenters. The van der Waals surface area contributed by atoms with Gasteiger partial charge in [0.1, 0.15) is 5.56 Å². The number of hydrogen-bond donors (Lipinski definition) is 0. The maximum atomic E-state index is 12.0. The SMILES string of the molecule is Cc1cccc(C(=O)OCC(=O)c2ccccc2)c1[N+](=O)[O-]. The van der Waals surface area contributed by atoms with Crippen LogP contribution in [0.3, 0.4) is 0 Å². The third-order valence-corrected chi connectivity index (χ3v) is 3.07. The first kappa shape index (κ1) is 15.4. The Kier molecular flexibility index (Phi) is 4.63. The monoisotopic (exact) mass is 299 g/mol. The number of nitro benzene ring substituents is 1. The molecule has 0 aromatic heterocycles. The molecule has 0 amide bonds. The van der Waals surface area contributed by atoms with Crippen LogP contribution in [-0.2, 0) is 4.74 Å². The predicted molar refractivity (Wildman–Crippen MR) is 78.9 cm³/mol. The second kappa shape index (κ2) is 6.62. The van der Waals surface area contributed by atoms with Gasteiger partial charge in [0.25, 0.3) is 5.69 Å². The molecule has 0 spiro atoms. The number of carbonyl (C=O) groups is 2. The lowest BCUT2D eigenvalue weighted by Crippen LogP contribution is -2.15. The van der Waals surface area contributed by atoms with Crippen molar-refractivity contribution < 1.29 is 19.2 Å². The van der Waals surface area contributed by atoms with Crippen molar-refractivity contribution >= 4 is 17.4 Å². The Morgan fingerprint density at radius 2 is 1.77 bits per heavy atom. The molecule has 0 aliphatic rings. The van der Waals surface area contributed by atoms with E-state index in [0.717, 1.165) is 0 Å². The minimum absolute atomic E-state index is 0.161. The number of Topliss-reactive ketones (excluding diaryl/α,β-unsaturated/α-hetero) is 1. The Morgan fingerprint density at radius 3 is 2.41 bits per heavy atom. The summed E-state index contributed by atoms with van der Waals surface area (Å²) in [6.45, 7) is 1.07. The van der Waals surface area contributed by atoms with Crippen molar-refractivity contribution in [2.24, 2.45) is 0 Å². The maximum Gasteiger partial charge on any atom is 0.345 e. The molecule has 0 saturated carbocycles. The number of benzene rings is 2. The highest BCUT2D eigenvalue weighted by molar-refractivity contribution is 6.00. The Morgan fingerprint density at radius 1 is 1.09 bits per heavy atom. The van der Waals surface area contributed by atoms with Gasteiger partial charge in [0, 0.05) is 11.1 Å². The molecule has 2 aromatic carbocycles. The summed E-state index contributed by atoms with van der Waals surface area (Å²) in [5, 5.41) is 11.0. The molecule has 112 valence electrons. The van der Waals surface area contributed by atoms with Gasteiger partial charge in [0.15, 0.2) is 12.4 Å². The number of ether oxygens (including phenoxy) is 1. The van der Waals surface area contributed by atoms with E-state index in [9.17, 15) is 19.7 Å². The number of esters is 1. The third kappa shape index (κ3) is 3.35.